The Kier molecular flexibility index (Phi) is 5.66. The number of nitrogens with zero attached hydrogens (tertiary/aromatic N) is 1. The van der Waals surface area contributed by atoms with Crippen molar-refractivity contribution < 1.29 is 49.0 Å². The van der Waals surface area contributed by atoms with Crippen LogP contribution in [0.1, 0.15) is 41.6 Å². The van der Waals surface area contributed by atoms with Crippen LogP contribution in [0.4, 0.5) is 4.79 Å². The molecule has 0 N–H and O–H groups in total. The van der Waals surface area contributed by atoms with Gasteiger partial charge in [0.15, 0.2) is 0 Å². The van der Waals surface area contributed by atoms with Gasteiger partial charge < -0.3 is 19.5 Å². The SMILES string of the molecule is CC(C)(C)OC(=O)N1CCc2c(C(=O)[O-])csc2C1.[Na+]. The number of carbonyl (C=O) groups excluding carboxylic acids is 2. The van der Waals surface area contributed by atoms with Crippen LogP contribution < -0.4 is 34.7 Å². The molecular formula is C13H16NNaO4S. The Bertz CT molecular complexity index is 521. The predicted molar refractivity (Wildman–Crippen MR) is 69.0 cm³/mol. The Hall–Kier alpha value is -0.560. The smallest absolute Gasteiger partial charge is 0.545 e. The van der Waals surface area contributed by atoms with Crippen LogP contribution in [0, 0.1) is 0 Å². The van der Waals surface area contributed by atoms with Gasteiger partial charge in [0.1, 0.15) is 5.60 Å². The van der Waals surface area contributed by atoms with Gasteiger partial charge >= 0.3 is 35.7 Å². The minimum atomic E-state index is -1.15. The summed E-state index contributed by atoms with van der Waals surface area (Å²) in [6.07, 6.45) is 0.169. The van der Waals surface area contributed by atoms with Gasteiger partial charge in [0, 0.05) is 22.4 Å². The first kappa shape index (κ1) is 17.5. The average molecular weight is 305 g/mol. The molecule has 0 aliphatic carbocycles. The van der Waals surface area contributed by atoms with Crippen molar-refractivity contribution >= 4 is 23.4 Å². The van der Waals surface area contributed by atoms with E-state index in [1.165, 1.54) is 11.3 Å². The van der Waals surface area contributed by atoms with Gasteiger partial charge in [-0.1, -0.05) is 0 Å². The van der Waals surface area contributed by atoms with Crippen molar-refractivity contribution in [1.29, 1.82) is 0 Å². The number of ether oxygens (including phenoxy) is 1. The van der Waals surface area contributed by atoms with Crippen LogP contribution in [0.2, 0.25) is 0 Å². The number of hydrogen-bond donors (Lipinski definition) is 0. The summed E-state index contributed by atoms with van der Waals surface area (Å²) >= 11 is 1.35. The van der Waals surface area contributed by atoms with Crippen molar-refractivity contribution in [3.63, 3.8) is 0 Å². The first-order valence-corrected chi connectivity index (χ1v) is 6.94. The third kappa shape index (κ3) is 3.97. The molecule has 2 rings (SSSR count). The topological polar surface area (TPSA) is 69.7 Å². The second-order valence-electron chi connectivity index (χ2n) is 5.49. The van der Waals surface area contributed by atoms with Crippen molar-refractivity contribution in [2.24, 2.45) is 0 Å². The van der Waals surface area contributed by atoms with Gasteiger partial charge in [0.2, 0.25) is 0 Å². The number of carboxylic acid groups (broad SMARTS) is 1. The largest absolute Gasteiger partial charge is 1.00 e. The Morgan fingerprint density at radius 3 is 2.60 bits per heavy atom. The fourth-order valence-electron chi connectivity index (χ4n) is 1.98. The molecule has 0 atom stereocenters. The second kappa shape index (κ2) is 6.47. The average Bonchev–Trinajstić information content (AvgIpc) is 2.68. The molecule has 0 bridgehead atoms. The zero-order chi connectivity index (χ0) is 14.2. The Labute approximate surface area is 144 Å². The molecule has 1 aliphatic rings. The second-order valence-corrected chi connectivity index (χ2v) is 6.45. The van der Waals surface area contributed by atoms with Gasteiger partial charge in [-0.3, -0.25) is 0 Å². The van der Waals surface area contributed by atoms with Crippen LogP contribution in [-0.2, 0) is 17.7 Å². The van der Waals surface area contributed by atoms with E-state index in [1.807, 2.05) is 20.8 Å². The molecule has 2 heterocycles. The molecule has 0 unspecified atom stereocenters. The number of carbonyl (C=O) groups is 2. The summed E-state index contributed by atoms with van der Waals surface area (Å²) in [4.78, 5) is 25.4. The van der Waals surface area contributed by atoms with Gasteiger partial charge in [-0.05, 0) is 32.8 Å². The summed E-state index contributed by atoms with van der Waals surface area (Å²) in [6, 6.07) is 0. The summed E-state index contributed by atoms with van der Waals surface area (Å²) in [7, 11) is 0. The normalized spacial score (nSPS) is 14.2. The number of amides is 1. The molecule has 0 saturated heterocycles. The molecular weight excluding hydrogens is 289 g/mol. The fourth-order valence-corrected chi connectivity index (χ4v) is 3.07. The van der Waals surface area contributed by atoms with Crippen LogP contribution in [0.5, 0.6) is 0 Å². The molecule has 20 heavy (non-hydrogen) atoms. The van der Waals surface area contributed by atoms with Crippen molar-refractivity contribution in [1.82, 2.24) is 4.90 Å². The van der Waals surface area contributed by atoms with Crippen molar-refractivity contribution in [2.45, 2.75) is 39.3 Å². The standard InChI is InChI=1S/C13H17NO4S.Na/c1-13(2,3)18-12(17)14-5-4-8-9(11(15)16)7-19-10(8)6-14;/h7H,4-6H2,1-3H3,(H,15,16);/q;+1/p-1. The Morgan fingerprint density at radius 1 is 1.40 bits per heavy atom. The number of fused-ring (bicyclic) bond motifs is 1. The summed E-state index contributed by atoms with van der Waals surface area (Å²) in [6.45, 7) is 6.33. The number of aromatic carboxylic acids is 1. The van der Waals surface area contributed by atoms with Gasteiger partial charge in [0.25, 0.3) is 0 Å². The molecule has 5 nitrogen and oxygen atoms in total. The van der Waals surface area contributed by atoms with Crippen LogP contribution in [0.25, 0.3) is 0 Å². The van der Waals surface area contributed by atoms with E-state index in [0.717, 1.165) is 10.4 Å². The molecule has 1 aliphatic heterocycles. The fraction of sp³-hybridized carbons (Fsp3) is 0.538. The van der Waals surface area contributed by atoms with E-state index in [-0.39, 0.29) is 41.2 Å². The molecule has 0 radical (unpaired) electrons. The maximum Gasteiger partial charge on any atom is 1.00 e. The zero-order valence-corrected chi connectivity index (χ0v) is 15.0. The Balaban J connectivity index is 0.00000200. The van der Waals surface area contributed by atoms with Crippen molar-refractivity contribution in [3.8, 4) is 0 Å². The van der Waals surface area contributed by atoms with Crippen LogP contribution >= 0.6 is 11.3 Å². The third-order valence-corrected chi connectivity index (χ3v) is 3.83. The maximum atomic E-state index is 11.9. The molecule has 1 aromatic rings. The summed E-state index contributed by atoms with van der Waals surface area (Å²) in [5.41, 5.74) is 0.525. The van der Waals surface area contributed by atoms with E-state index >= 15 is 0 Å². The van der Waals surface area contributed by atoms with Crippen molar-refractivity contribution in [3.05, 3.63) is 21.4 Å². The van der Waals surface area contributed by atoms with E-state index < -0.39 is 11.6 Å². The summed E-state index contributed by atoms with van der Waals surface area (Å²) in [5.74, 6) is -1.15. The van der Waals surface area contributed by atoms with Crippen LogP contribution in [0.15, 0.2) is 5.38 Å². The number of thiophene rings is 1. The quantitative estimate of drug-likeness (QED) is 0.587. The number of rotatable bonds is 1. The monoisotopic (exact) mass is 305 g/mol. The summed E-state index contributed by atoms with van der Waals surface area (Å²) in [5, 5.41) is 12.5. The molecule has 0 fully saturated rings. The van der Waals surface area contributed by atoms with Gasteiger partial charge in [-0.15, -0.1) is 11.3 Å². The minimum absolute atomic E-state index is 0. The molecule has 104 valence electrons. The molecule has 0 aromatic carbocycles. The molecule has 1 amide bonds. The van der Waals surface area contributed by atoms with E-state index in [0.29, 0.717) is 19.5 Å². The van der Waals surface area contributed by atoms with E-state index in [4.69, 9.17) is 4.74 Å². The van der Waals surface area contributed by atoms with E-state index in [1.54, 1.807) is 10.3 Å². The van der Waals surface area contributed by atoms with E-state index in [2.05, 4.69) is 0 Å². The van der Waals surface area contributed by atoms with Gasteiger partial charge in [-0.25, -0.2) is 4.79 Å². The first-order chi connectivity index (χ1) is 8.78. The molecule has 0 spiro atoms. The first-order valence-electron chi connectivity index (χ1n) is 6.06. The van der Waals surface area contributed by atoms with Gasteiger partial charge in [-0.2, -0.15) is 0 Å². The molecule has 7 heteroatoms. The number of carboxylic acids is 1. The van der Waals surface area contributed by atoms with Crippen LogP contribution in [-0.4, -0.2) is 29.1 Å². The maximum absolute atomic E-state index is 11.9. The third-order valence-electron chi connectivity index (χ3n) is 2.82. The zero-order valence-electron chi connectivity index (χ0n) is 12.2. The molecule has 1 aromatic heterocycles. The van der Waals surface area contributed by atoms with Crippen molar-refractivity contribution in [2.75, 3.05) is 6.54 Å². The molecule has 0 saturated carbocycles. The summed E-state index contributed by atoms with van der Waals surface area (Å²) < 4.78 is 5.31. The Morgan fingerprint density at radius 2 is 2.05 bits per heavy atom. The van der Waals surface area contributed by atoms with Gasteiger partial charge in [0.05, 0.1) is 12.5 Å². The van der Waals surface area contributed by atoms with Crippen LogP contribution in [0.3, 0.4) is 0 Å². The predicted octanol–water partition coefficient (Wildman–Crippen LogP) is -1.59. The van der Waals surface area contributed by atoms with E-state index in [9.17, 15) is 14.7 Å². The minimum Gasteiger partial charge on any atom is -0.545 e. The number of hydrogen-bond acceptors (Lipinski definition) is 5.